The molecule has 0 radical (unpaired) electrons. The van der Waals surface area contributed by atoms with Gasteiger partial charge in [-0.15, -0.1) is 0 Å². The van der Waals surface area contributed by atoms with E-state index in [0.29, 0.717) is 14.5 Å². The molecule has 0 unspecified atom stereocenters. The van der Waals surface area contributed by atoms with Crippen molar-refractivity contribution in [1.29, 1.82) is 0 Å². The van der Waals surface area contributed by atoms with Crippen molar-refractivity contribution in [3.8, 4) is 0 Å². The van der Waals surface area contributed by atoms with Crippen LogP contribution in [0.4, 0.5) is 0 Å². The molecule has 0 aliphatic carbocycles. The third kappa shape index (κ3) is 7.20. The second kappa shape index (κ2) is 14.1. The monoisotopic (exact) mass is 546 g/mol. The van der Waals surface area contributed by atoms with E-state index < -0.39 is 0 Å². The van der Waals surface area contributed by atoms with Crippen molar-refractivity contribution in [2.45, 2.75) is 116 Å². The van der Waals surface area contributed by atoms with Gasteiger partial charge in [-0.05, 0) is 0 Å². The summed E-state index contributed by atoms with van der Waals surface area (Å²) in [5, 5.41) is 9.17. The summed E-state index contributed by atoms with van der Waals surface area (Å²) in [4.78, 5) is 0. The summed E-state index contributed by atoms with van der Waals surface area (Å²) < 4.78 is 6.43. The first-order valence-electron chi connectivity index (χ1n) is 13.7. The van der Waals surface area contributed by atoms with Crippen LogP contribution in [0.5, 0.6) is 0 Å². The van der Waals surface area contributed by atoms with Crippen LogP contribution in [-0.2, 0) is 6.42 Å². The maximum absolute atomic E-state index is 2.56. The molecular formula is C30H42S2Se. The Bertz CT molecular complexity index is 1020. The van der Waals surface area contributed by atoms with Gasteiger partial charge in [-0.2, -0.15) is 0 Å². The van der Waals surface area contributed by atoms with E-state index in [1.165, 1.54) is 124 Å². The maximum atomic E-state index is 2.56. The molecule has 3 heterocycles. The summed E-state index contributed by atoms with van der Waals surface area (Å²) in [5.74, 6) is 0. The Hall–Kier alpha value is -0.601. The summed E-state index contributed by atoms with van der Waals surface area (Å²) in [5.41, 5.74) is 0. The first kappa shape index (κ1) is 25.5. The first-order valence-corrected chi connectivity index (χ1v) is 17.1. The van der Waals surface area contributed by atoms with Gasteiger partial charge in [0.1, 0.15) is 0 Å². The zero-order valence-electron chi connectivity index (χ0n) is 20.6. The molecule has 3 heteroatoms. The Labute approximate surface area is 215 Å². The molecule has 0 fully saturated rings. The van der Waals surface area contributed by atoms with Crippen molar-refractivity contribution < 1.29 is 0 Å². The number of hydrogen-bond acceptors (Lipinski definition) is 2. The summed E-state index contributed by atoms with van der Waals surface area (Å²) in [7, 11) is 0. The zero-order chi connectivity index (χ0) is 22.7. The standard InChI is InChI=1S/C30H42S2Se/c1-2-3-4-5-6-7-8-9-10-11-12-13-14-15-16-17-18-24-23-27-25-19-21-31-28(25)29-26(20-22-32-29)30(27)33-24/h19-23H,2-18H2,1H3. The van der Waals surface area contributed by atoms with Gasteiger partial charge in [-0.3, -0.25) is 0 Å². The normalized spacial score (nSPS) is 12.0. The molecule has 4 aromatic rings. The predicted octanol–water partition coefficient (Wildman–Crippen LogP) is 11.1. The summed E-state index contributed by atoms with van der Waals surface area (Å²) >= 11 is 4.38. The first-order chi connectivity index (χ1) is 16.4. The molecule has 0 saturated carbocycles. The van der Waals surface area contributed by atoms with E-state index in [0.717, 1.165) is 0 Å². The number of rotatable bonds is 17. The number of unbranched alkanes of at least 4 members (excludes halogenated alkanes) is 15. The van der Waals surface area contributed by atoms with Gasteiger partial charge in [-0.25, -0.2) is 0 Å². The van der Waals surface area contributed by atoms with Gasteiger partial charge in [0, 0.05) is 0 Å². The molecular weight excluding hydrogens is 503 g/mol. The summed E-state index contributed by atoms with van der Waals surface area (Å²) in [6, 6.07) is 7.28. The molecule has 3 aromatic heterocycles. The summed E-state index contributed by atoms with van der Waals surface area (Å²) in [6.07, 6.45) is 24.5. The van der Waals surface area contributed by atoms with E-state index >= 15 is 0 Å². The summed E-state index contributed by atoms with van der Waals surface area (Å²) in [6.45, 7) is 2.30. The molecule has 4 rings (SSSR count). The van der Waals surface area contributed by atoms with Gasteiger partial charge in [0.05, 0.1) is 0 Å². The van der Waals surface area contributed by atoms with Gasteiger partial charge in [-0.1, -0.05) is 45.4 Å². The van der Waals surface area contributed by atoms with Gasteiger partial charge in [0.25, 0.3) is 0 Å². The fourth-order valence-corrected chi connectivity index (χ4v) is 9.94. The molecule has 1 aromatic carbocycles. The second-order valence-corrected chi connectivity index (χ2v) is 14.1. The van der Waals surface area contributed by atoms with Gasteiger partial charge >= 0.3 is 171 Å². The van der Waals surface area contributed by atoms with Gasteiger partial charge in [0.15, 0.2) is 0 Å². The zero-order valence-corrected chi connectivity index (χ0v) is 24.0. The molecule has 0 saturated heterocycles. The topological polar surface area (TPSA) is 0 Å². The fraction of sp³-hybridized carbons (Fsp3) is 0.600. The van der Waals surface area contributed by atoms with Crippen molar-refractivity contribution in [3.63, 3.8) is 0 Å². The minimum absolute atomic E-state index is 0.542. The Morgan fingerprint density at radius 3 is 1.64 bits per heavy atom. The molecule has 0 amide bonds. The van der Waals surface area contributed by atoms with E-state index in [2.05, 4.69) is 35.9 Å². The van der Waals surface area contributed by atoms with Crippen molar-refractivity contribution >= 4 is 67.0 Å². The molecule has 0 atom stereocenters. The molecule has 180 valence electrons. The van der Waals surface area contributed by atoms with E-state index in [9.17, 15) is 0 Å². The van der Waals surface area contributed by atoms with Crippen LogP contribution in [-0.4, -0.2) is 14.5 Å². The molecule has 0 spiro atoms. The molecule has 33 heavy (non-hydrogen) atoms. The SMILES string of the molecule is CCCCCCCCCCCCCCCCCCc1cc2c3ccsc3c3sccc3c2[se]1. The minimum atomic E-state index is 0.542. The van der Waals surface area contributed by atoms with Crippen LogP contribution in [0.2, 0.25) is 0 Å². The molecule has 0 aliphatic heterocycles. The average molecular weight is 546 g/mol. The van der Waals surface area contributed by atoms with Crippen LogP contribution in [0.15, 0.2) is 29.0 Å². The predicted molar refractivity (Wildman–Crippen MR) is 155 cm³/mol. The van der Waals surface area contributed by atoms with Crippen LogP contribution >= 0.6 is 22.7 Å². The molecule has 0 nitrogen and oxygen atoms in total. The quantitative estimate of drug-likeness (QED) is 0.0914. The Kier molecular flexibility index (Phi) is 10.9. The van der Waals surface area contributed by atoms with Gasteiger partial charge in [0.2, 0.25) is 0 Å². The van der Waals surface area contributed by atoms with Crippen molar-refractivity contribution in [2.75, 3.05) is 0 Å². The van der Waals surface area contributed by atoms with Crippen LogP contribution < -0.4 is 0 Å². The third-order valence-corrected chi connectivity index (χ3v) is 11.7. The number of fused-ring (bicyclic) bond motifs is 6. The van der Waals surface area contributed by atoms with Crippen molar-refractivity contribution in [2.24, 2.45) is 0 Å². The van der Waals surface area contributed by atoms with Crippen LogP contribution in [0.1, 0.15) is 114 Å². The number of aryl methyl sites for hydroxylation is 1. The van der Waals surface area contributed by atoms with Crippen LogP contribution in [0.25, 0.3) is 29.8 Å². The van der Waals surface area contributed by atoms with Crippen LogP contribution in [0, 0.1) is 0 Å². The molecule has 0 N–H and O–H groups in total. The van der Waals surface area contributed by atoms with E-state index in [4.69, 9.17) is 0 Å². The van der Waals surface area contributed by atoms with Gasteiger partial charge < -0.3 is 0 Å². The van der Waals surface area contributed by atoms with E-state index in [-0.39, 0.29) is 0 Å². The Morgan fingerprint density at radius 2 is 1.06 bits per heavy atom. The van der Waals surface area contributed by atoms with Crippen molar-refractivity contribution in [3.05, 3.63) is 33.4 Å². The van der Waals surface area contributed by atoms with E-state index in [1.807, 2.05) is 22.7 Å². The van der Waals surface area contributed by atoms with Crippen molar-refractivity contribution in [1.82, 2.24) is 0 Å². The Morgan fingerprint density at radius 1 is 0.576 bits per heavy atom. The van der Waals surface area contributed by atoms with E-state index in [1.54, 1.807) is 19.5 Å². The number of thiophene rings is 2. The second-order valence-electron chi connectivity index (χ2n) is 9.84. The third-order valence-electron chi connectivity index (χ3n) is 7.13. The fourth-order valence-electron chi connectivity index (χ4n) is 5.17. The molecule has 0 aliphatic rings. The number of benzene rings is 1. The average Bonchev–Trinajstić information content (AvgIpc) is 3.56. The van der Waals surface area contributed by atoms with Crippen LogP contribution in [0.3, 0.4) is 0 Å². The Balaban J connectivity index is 1.06. The number of hydrogen-bond donors (Lipinski definition) is 0. The molecule has 0 bridgehead atoms.